The molecule has 7 rings (SSSR count). The molecule has 0 aliphatic carbocycles. The van der Waals surface area contributed by atoms with E-state index in [4.69, 9.17) is 4.74 Å². The first-order valence-electron chi connectivity index (χ1n) is 21.3. The van der Waals surface area contributed by atoms with Crippen LogP contribution in [0.25, 0.3) is 0 Å². The number of fused-ring (bicyclic) bond motifs is 1. The van der Waals surface area contributed by atoms with Crippen molar-refractivity contribution >= 4 is 20.6 Å². The third-order valence-electron chi connectivity index (χ3n) is 11.4. The molecule has 3 aliphatic rings. The molecule has 4 aromatic carbocycles. The summed E-state index contributed by atoms with van der Waals surface area (Å²) in [4.78, 5) is 32.5. The van der Waals surface area contributed by atoms with Gasteiger partial charge >= 0.3 is 0 Å². The van der Waals surface area contributed by atoms with Crippen molar-refractivity contribution in [2.75, 3.05) is 72.4 Å². The molecular formula is C50H68N4O3Si. The topological polar surface area (TPSA) is 56.3 Å². The highest BCUT2D eigenvalue weighted by molar-refractivity contribution is 6.76. The minimum Gasteiger partial charge on any atom is -0.369 e. The lowest BCUT2D eigenvalue weighted by molar-refractivity contribution is -0.120. The fourth-order valence-corrected chi connectivity index (χ4v) is 10.2. The molecule has 8 heteroatoms. The van der Waals surface area contributed by atoms with Crippen LogP contribution in [-0.2, 0) is 40.3 Å². The van der Waals surface area contributed by atoms with Gasteiger partial charge in [0.2, 0.25) is 0 Å². The quantitative estimate of drug-likeness (QED) is 0.0643. The predicted octanol–water partition coefficient (Wildman–Crippen LogP) is 8.28. The number of hydrogen-bond acceptors (Lipinski definition) is 7. The van der Waals surface area contributed by atoms with Crippen LogP contribution in [0.3, 0.4) is 0 Å². The van der Waals surface area contributed by atoms with Gasteiger partial charge in [-0.25, -0.2) is 0 Å². The van der Waals surface area contributed by atoms with Gasteiger partial charge in [-0.05, 0) is 66.6 Å². The zero-order valence-corrected chi connectivity index (χ0v) is 36.7. The molecule has 0 spiro atoms. The van der Waals surface area contributed by atoms with Crippen LogP contribution in [0.4, 0.5) is 0 Å². The molecule has 0 N–H and O–H groups in total. The van der Waals surface area contributed by atoms with Crippen LogP contribution in [0.5, 0.6) is 0 Å². The second kappa shape index (κ2) is 23.5. The van der Waals surface area contributed by atoms with Gasteiger partial charge in [0.05, 0.1) is 20.2 Å². The Kier molecular flexibility index (Phi) is 18.3. The summed E-state index contributed by atoms with van der Waals surface area (Å²) < 4.78 is 5.27. The highest BCUT2D eigenvalue weighted by Crippen LogP contribution is 2.41. The highest BCUT2D eigenvalue weighted by Gasteiger charge is 2.49. The van der Waals surface area contributed by atoms with E-state index in [1.54, 1.807) is 7.11 Å². The molecule has 0 saturated carbocycles. The van der Waals surface area contributed by atoms with E-state index in [1.807, 2.05) is 12.1 Å². The van der Waals surface area contributed by atoms with Crippen LogP contribution in [0.2, 0.25) is 19.6 Å². The van der Waals surface area contributed by atoms with E-state index in [9.17, 15) is 9.59 Å². The van der Waals surface area contributed by atoms with Gasteiger partial charge in [-0.3, -0.25) is 19.5 Å². The summed E-state index contributed by atoms with van der Waals surface area (Å²) >= 11 is 0. The number of likely N-dealkylation sites (tertiary alicyclic amines) is 2. The summed E-state index contributed by atoms with van der Waals surface area (Å²) in [5, 5.41) is 0. The first-order valence-corrected chi connectivity index (χ1v) is 25.0. The Balaban J connectivity index is 0.000000175. The van der Waals surface area contributed by atoms with Gasteiger partial charge in [0.1, 0.15) is 12.6 Å². The van der Waals surface area contributed by atoms with E-state index in [-0.39, 0.29) is 5.41 Å². The molecule has 4 aromatic rings. The molecule has 2 fully saturated rings. The van der Waals surface area contributed by atoms with Crippen LogP contribution < -0.4 is 0 Å². The van der Waals surface area contributed by atoms with E-state index >= 15 is 0 Å². The first-order chi connectivity index (χ1) is 28.2. The summed E-state index contributed by atoms with van der Waals surface area (Å²) in [7, 11) is 0.701. The van der Waals surface area contributed by atoms with Crippen molar-refractivity contribution in [3.63, 3.8) is 0 Å². The van der Waals surface area contributed by atoms with Gasteiger partial charge in [-0.15, -0.1) is 0 Å². The molecule has 2 saturated heterocycles. The molecule has 0 bridgehead atoms. The molecule has 3 heterocycles. The van der Waals surface area contributed by atoms with Crippen LogP contribution in [0, 0.1) is 11.3 Å². The Hall–Kier alpha value is -4.02. The maximum absolute atomic E-state index is 12.1. The summed E-state index contributed by atoms with van der Waals surface area (Å²) in [6, 6.07) is 42.4. The Morgan fingerprint density at radius 2 is 1.24 bits per heavy atom. The number of methoxy groups -OCH3 is 1. The Bertz CT molecular complexity index is 1790. The lowest BCUT2D eigenvalue weighted by atomic mass is 9.74. The molecule has 7 nitrogen and oxygen atoms in total. The lowest BCUT2D eigenvalue weighted by Crippen LogP contribution is -2.50. The van der Waals surface area contributed by atoms with Crippen molar-refractivity contribution in [3.05, 3.63) is 155 Å². The average Bonchev–Trinajstić information content (AvgIpc) is 3.61. The predicted molar refractivity (Wildman–Crippen MR) is 242 cm³/mol. The molecule has 0 radical (unpaired) electrons. The number of piperidine rings is 1. The number of carbonyl (C=O) groups excluding carboxylic acids is 2. The molecular weight excluding hydrogens is 733 g/mol. The number of rotatable bonds is 16. The van der Waals surface area contributed by atoms with E-state index in [0.717, 1.165) is 110 Å². The standard InChI is InChI=1S/C23H28N2O.C14H17NO.C13H23NOSi/c26-19-23-17-24(13-11-20-7-3-1-4-8-20)14-12-22(23)16-25(18-23)15-21-9-5-2-6-10-21;16-12-14-7-4-9-15(11-14)10-8-13-5-2-1-3-6-13;1-15-11-14(12-16(2,3)4)10-13-8-6-5-7-9-13/h1-10,19,22H,11-18H2;1-3,5-7,12H,4,8-11H2;5-9H,10-12H2,1-4H3. The third kappa shape index (κ3) is 15.3. The van der Waals surface area contributed by atoms with Gasteiger partial charge < -0.3 is 14.4 Å². The minimum atomic E-state index is -1.07. The van der Waals surface area contributed by atoms with Crippen molar-refractivity contribution in [3.8, 4) is 0 Å². The largest absolute Gasteiger partial charge is 0.369 e. The van der Waals surface area contributed by atoms with Crippen LogP contribution in [0.15, 0.2) is 133 Å². The minimum absolute atomic E-state index is 0.177. The van der Waals surface area contributed by atoms with Crippen molar-refractivity contribution < 1.29 is 14.3 Å². The lowest BCUT2D eigenvalue weighted by Gasteiger charge is -2.40. The van der Waals surface area contributed by atoms with E-state index in [0.29, 0.717) is 5.92 Å². The number of aldehydes is 2. The monoisotopic (exact) mass is 801 g/mol. The maximum Gasteiger partial charge on any atom is 0.147 e. The number of ether oxygens (including phenoxy) is 1. The van der Waals surface area contributed by atoms with Gasteiger partial charge in [0, 0.05) is 71.6 Å². The summed E-state index contributed by atoms with van der Waals surface area (Å²) in [5.74, 6) is 0.511. The van der Waals surface area contributed by atoms with Gasteiger partial charge in [0.25, 0.3) is 0 Å². The molecule has 0 aromatic heterocycles. The van der Waals surface area contributed by atoms with Crippen LogP contribution in [0.1, 0.15) is 35.1 Å². The smallest absolute Gasteiger partial charge is 0.147 e. The summed E-state index contributed by atoms with van der Waals surface area (Å²) in [6.45, 7) is 17.8. The number of benzene rings is 4. The summed E-state index contributed by atoms with van der Waals surface area (Å²) in [5.41, 5.74) is 6.20. The highest BCUT2D eigenvalue weighted by atomic mass is 28.3. The van der Waals surface area contributed by atoms with E-state index in [2.05, 4.69) is 155 Å². The maximum atomic E-state index is 12.1. The Morgan fingerprint density at radius 1 is 0.707 bits per heavy atom. The van der Waals surface area contributed by atoms with Crippen molar-refractivity contribution in [2.24, 2.45) is 11.3 Å². The SMILES string of the molecule is COCN(Cc1ccccc1)C[Si](C)(C)C.O=CC12CN(CCc3ccccc3)CCC1CN(Cc1ccccc1)C2.O=CC1=CCCN(CCc2ccccc2)C1. The fourth-order valence-electron chi connectivity index (χ4n) is 8.64. The zero-order chi connectivity index (χ0) is 41.1. The van der Waals surface area contributed by atoms with Crippen molar-refractivity contribution in [1.29, 1.82) is 0 Å². The van der Waals surface area contributed by atoms with E-state index < -0.39 is 8.07 Å². The second-order valence-corrected chi connectivity index (χ2v) is 23.1. The average molecular weight is 801 g/mol. The number of hydrogen-bond donors (Lipinski definition) is 0. The molecule has 2 atom stereocenters. The number of nitrogens with zero attached hydrogens (tertiary/aromatic N) is 4. The van der Waals surface area contributed by atoms with Crippen LogP contribution >= 0.6 is 0 Å². The van der Waals surface area contributed by atoms with Crippen LogP contribution in [-0.4, -0.2) is 113 Å². The van der Waals surface area contributed by atoms with E-state index in [1.165, 1.54) is 34.7 Å². The van der Waals surface area contributed by atoms with Crippen molar-refractivity contribution in [1.82, 2.24) is 19.6 Å². The molecule has 58 heavy (non-hydrogen) atoms. The fraction of sp³-hybridized carbons (Fsp3) is 0.440. The molecule has 3 aliphatic heterocycles. The Labute approximate surface area is 350 Å². The number of carbonyl (C=O) groups is 2. The zero-order valence-electron chi connectivity index (χ0n) is 35.7. The summed E-state index contributed by atoms with van der Waals surface area (Å²) in [6.07, 6.45) is 9.75. The molecule has 0 amide bonds. The third-order valence-corrected chi connectivity index (χ3v) is 12.8. The van der Waals surface area contributed by atoms with Gasteiger partial charge in [0.15, 0.2) is 0 Å². The molecule has 2 unspecified atom stereocenters. The van der Waals surface area contributed by atoms with Gasteiger partial charge in [-0.1, -0.05) is 147 Å². The van der Waals surface area contributed by atoms with Crippen molar-refractivity contribution in [2.45, 2.75) is 58.4 Å². The second-order valence-electron chi connectivity index (χ2n) is 17.7. The normalized spacial score (nSPS) is 19.9. The first kappa shape index (κ1) is 45.1. The van der Waals surface area contributed by atoms with Gasteiger partial charge in [-0.2, -0.15) is 0 Å². The molecule has 310 valence electrons. The Morgan fingerprint density at radius 3 is 1.78 bits per heavy atom.